The molecule has 0 amide bonds. The maximum atomic E-state index is 10.9. The lowest BCUT2D eigenvalue weighted by Crippen LogP contribution is -2.15. The lowest BCUT2D eigenvalue weighted by molar-refractivity contribution is 0.112. The van der Waals surface area contributed by atoms with Crippen molar-refractivity contribution in [1.82, 2.24) is 0 Å². The Labute approximate surface area is 160 Å². The van der Waals surface area contributed by atoms with Crippen LogP contribution in [0, 0.1) is 11.3 Å². The Hall–Kier alpha value is -3.30. The molecule has 4 rings (SSSR count). The molecule has 6 heteroatoms. The zero-order chi connectivity index (χ0) is 18.6. The van der Waals surface area contributed by atoms with Crippen LogP contribution in [0.4, 0.5) is 0 Å². The zero-order valence-corrected chi connectivity index (χ0v) is 15.1. The number of benzene rings is 2. The molecule has 0 N–H and O–H groups in total. The molecule has 0 fully saturated rings. The molecular formula is C21H15NO4S. The molecule has 3 aromatic rings. The lowest BCUT2D eigenvalue weighted by atomic mass is 10.0. The molecule has 2 aromatic carbocycles. The van der Waals surface area contributed by atoms with Gasteiger partial charge in [-0.2, -0.15) is 5.26 Å². The third kappa shape index (κ3) is 3.50. The molecule has 1 aromatic heterocycles. The summed E-state index contributed by atoms with van der Waals surface area (Å²) in [5.74, 6) is 1.40. The van der Waals surface area contributed by atoms with Crippen LogP contribution in [0.5, 0.6) is 16.6 Å². The highest BCUT2D eigenvalue weighted by molar-refractivity contribution is 7.12. The smallest absolute Gasteiger partial charge is 0.192 e. The van der Waals surface area contributed by atoms with Gasteiger partial charge in [0.25, 0.3) is 0 Å². The number of hydrogen-bond donors (Lipinski definition) is 0. The van der Waals surface area contributed by atoms with Crippen LogP contribution >= 0.6 is 11.3 Å². The number of ether oxygens (including phenoxy) is 3. The maximum Gasteiger partial charge on any atom is 0.192 e. The van der Waals surface area contributed by atoms with E-state index in [0.29, 0.717) is 40.9 Å². The molecule has 0 saturated heterocycles. The van der Waals surface area contributed by atoms with Crippen LogP contribution in [0.1, 0.15) is 21.5 Å². The first-order chi connectivity index (χ1) is 13.3. The van der Waals surface area contributed by atoms with E-state index in [1.54, 1.807) is 12.1 Å². The van der Waals surface area contributed by atoms with Crippen molar-refractivity contribution in [2.75, 3.05) is 13.2 Å². The summed E-state index contributed by atoms with van der Waals surface area (Å²) in [6.07, 6.45) is 0.801. The summed E-state index contributed by atoms with van der Waals surface area (Å²) in [7, 11) is 0. The fourth-order valence-electron chi connectivity index (χ4n) is 2.88. The molecule has 2 heterocycles. The SMILES string of the molecule is N#Cc1c(-c2ccc3c(c2)OCCO3)csc1OCc1cccc(C=O)c1. The van der Waals surface area contributed by atoms with Crippen molar-refractivity contribution >= 4 is 17.6 Å². The summed E-state index contributed by atoms with van der Waals surface area (Å²) in [6, 6.07) is 15.1. The van der Waals surface area contributed by atoms with E-state index in [2.05, 4.69) is 6.07 Å². The molecule has 1 aliphatic rings. The molecule has 0 radical (unpaired) electrons. The number of rotatable bonds is 5. The minimum absolute atomic E-state index is 0.289. The summed E-state index contributed by atoms with van der Waals surface area (Å²) >= 11 is 1.38. The molecule has 0 unspecified atom stereocenters. The van der Waals surface area contributed by atoms with Crippen molar-refractivity contribution in [1.29, 1.82) is 5.26 Å². The van der Waals surface area contributed by atoms with Gasteiger partial charge >= 0.3 is 0 Å². The molecule has 0 spiro atoms. The summed E-state index contributed by atoms with van der Waals surface area (Å²) in [6.45, 7) is 1.34. The first-order valence-electron chi connectivity index (χ1n) is 8.37. The van der Waals surface area contributed by atoms with Gasteiger partial charge in [0.15, 0.2) is 16.6 Å². The minimum atomic E-state index is 0.289. The maximum absolute atomic E-state index is 10.9. The van der Waals surface area contributed by atoms with Gasteiger partial charge in [0, 0.05) is 16.5 Å². The first kappa shape index (κ1) is 17.1. The van der Waals surface area contributed by atoms with E-state index in [0.717, 1.165) is 23.0 Å². The second-order valence-corrected chi connectivity index (χ2v) is 6.78. The minimum Gasteiger partial charge on any atom is -0.486 e. The van der Waals surface area contributed by atoms with Crippen molar-refractivity contribution in [3.8, 4) is 33.8 Å². The molecule has 1 aliphatic heterocycles. The monoisotopic (exact) mass is 377 g/mol. The number of carbonyl (C=O) groups is 1. The van der Waals surface area contributed by atoms with E-state index >= 15 is 0 Å². The molecule has 0 atom stereocenters. The third-order valence-electron chi connectivity index (χ3n) is 4.18. The van der Waals surface area contributed by atoms with Crippen molar-refractivity contribution < 1.29 is 19.0 Å². The topological polar surface area (TPSA) is 68.6 Å². The summed E-state index contributed by atoms with van der Waals surface area (Å²) in [4.78, 5) is 10.9. The molecular weight excluding hydrogens is 362 g/mol. The van der Waals surface area contributed by atoms with Crippen LogP contribution in [0.2, 0.25) is 0 Å². The van der Waals surface area contributed by atoms with Gasteiger partial charge in [0.2, 0.25) is 0 Å². The quantitative estimate of drug-likeness (QED) is 0.615. The van der Waals surface area contributed by atoms with Gasteiger partial charge in [0.1, 0.15) is 37.7 Å². The number of fused-ring (bicyclic) bond motifs is 1. The largest absolute Gasteiger partial charge is 0.486 e. The molecule has 27 heavy (non-hydrogen) atoms. The number of aldehydes is 1. The number of hydrogen-bond acceptors (Lipinski definition) is 6. The van der Waals surface area contributed by atoms with E-state index in [1.807, 2.05) is 35.7 Å². The number of carbonyl (C=O) groups excluding carboxylic acids is 1. The van der Waals surface area contributed by atoms with E-state index in [1.165, 1.54) is 11.3 Å². The number of nitrogens with zero attached hydrogens (tertiary/aromatic N) is 1. The summed E-state index contributed by atoms with van der Waals surface area (Å²) < 4.78 is 17.0. The van der Waals surface area contributed by atoms with Gasteiger partial charge in [-0.15, -0.1) is 11.3 Å². The fraction of sp³-hybridized carbons (Fsp3) is 0.143. The average Bonchev–Trinajstić information content (AvgIpc) is 3.15. The summed E-state index contributed by atoms with van der Waals surface area (Å²) in [5.41, 5.74) is 3.64. The Kier molecular flexibility index (Phi) is 4.77. The van der Waals surface area contributed by atoms with Gasteiger partial charge in [-0.3, -0.25) is 4.79 Å². The standard InChI is InChI=1S/C21H15NO4S/c22-10-17-18(16-4-5-19-20(9-16)25-7-6-24-19)13-27-21(17)26-12-15-3-1-2-14(8-15)11-23/h1-5,8-9,11,13H,6-7,12H2. The first-order valence-corrected chi connectivity index (χ1v) is 9.25. The van der Waals surface area contributed by atoms with Crippen LogP contribution in [0.3, 0.4) is 0 Å². The van der Waals surface area contributed by atoms with E-state index in [9.17, 15) is 10.1 Å². The van der Waals surface area contributed by atoms with Gasteiger partial charge in [-0.25, -0.2) is 0 Å². The predicted octanol–water partition coefficient (Wildman–Crippen LogP) is 4.45. The predicted molar refractivity (Wildman–Crippen MR) is 102 cm³/mol. The van der Waals surface area contributed by atoms with Crippen LogP contribution < -0.4 is 14.2 Å². The Morgan fingerprint density at radius 3 is 2.81 bits per heavy atom. The van der Waals surface area contributed by atoms with Crippen molar-refractivity contribution in [2.24, 2.45) is 0 Å². The molecule has 0 saturated carbocycles. The van der Waals surface area contributed by atoms with Gasteiger partial charge in [-0.1, -0.05) is 24.3 Å². The Morgan fingerprint density at radius 1 is 1.15 bits per heavy atom. The number of thiophene rings is 1. The second-order valence-electron chi connectivity index (χ2n) is 5.93. The fourth-order valence-corrected chi connectivity index (χ4v) is 3.76. The van der Waals surface area contributed by atoms with E-state index < -0.39 is 0 Å². The van der Waals surface area contributed by atoms with Gasteiger partial charge < -0.3 is 14.2 Å². The Bertz CT molecular complexity index is 1030. The van der Waals surface area contributed by atoms with E-state index in [-0.39, 0.29) is 6.61 Å². The highest BCUT2D eigenvalue weighted by Crippen LogP contribution is 2.40. The highest BCUT2D eigenvalue weighted by atomic mass is 32.1. The average molecular weight is 377 g/mol. The third-order valence-corrected chi connectivity index (χ3v) is 5.07. The van der Waals surface area contributed by atoms with Crippen LogP contribution in [-0.4, -0.2) is 19.5 Å². The van der Waals surface area contributed by atoms with Crippen molar-refractivity contribution in [3.63, 3.8) is 0 Å². The molecule has 5 nitrogen and oxygen atoms in total. The van der Waals surface area contributed by atoms with Crippen molar-refractivity contribution in [2.45, 2.75) is 6.61 Å². The highest BCUT2D eigenvalue weighted by Gasteiger charge is 2.18. The van der Waals surface area contributed by atoms with Gasteiger partial charge in [0.05, 0.1) is 0 Å². The van der Waals surface area contributed by atoms with Gasteiger partial charge in [-0.05, 0) is 29.3 Å². The zero-order valence-electron chi connectivity index (χ0n) is 14.3. The van der Waals surface area contributed by atoms with Crippen LogP contribution in [0.25, 0.3) is 11.1 Å². The molecule has 0 aliphatic carbocycles. The van der Waals surface area contributed by atoms with Crippen LogP contribution in [0.15, 0.2) is 47.8 Å². The van der Waals surface area contributed by atoms with Crippen molar-refractivity contribution in [3.05, 3.63) is 64.5 Å². The Balaban J connectivity index is 1.58. The second kappa shape index (κ2) is 7.52. The lowest BCUT2D eigenvalue weighted by Gasteiger charge is -2.18. The molecule has 134 valence electrons. The molecule has 0 bridgehead atoms. The summed E-state index contributed by atoms with van der Waals surface area (Å²) in [5, 5.41) is 12.1. The number of nitriles is 1. The Morgan fingerprint density at radius 2 is 2.00 bits per heavy atom. The van der Waals surface area contributed by atoms with Crippen LogP contribution in [-0.2, 0) is 6.61 Å². The van der Waals surface area contributed by atoms with E-state index in [4.69, 9.17) is 14.2 Å². The normalized spacial score (nSPS) is 12.3.